The van der Waals surface area contributed by atoms with Crippen LogP contribution in [0, 0.1) is 5.82 Å². The molecule has 5 aromatic rings. The van der Waals surface area contributed by atoms with Gasteiger partial charge in [-0.2, -0.15) is 9.97 Å². The van der Waals surface area contributed by atoms with Crippen molar-refractivity contribution in [2.45, 2.75) is 13.2 Å². The first-order valence-electron chi connectivity index (χ1n) is 14.7. The molecule has 0 unspecified atom stereocenters. The number of benzene rings is 2. The summed E-state index contributed by atoms with van der Waals surface area (Å²) in [6, 6.07) is 14.9. The van der Waals surface area contributed by atoms with E-state index in [0.29, 0.717) is 23.9 Å². The lowest BCUT2D eigenvalue weighted by atomic mass is 10.2. The van der Waals surface area contributed by atoms with Crippen LogP contribution in [-0.2, 0) is 13.2 Å². The number of hydrogen-bond donors (Lipinski definition) is 2. The smallest absolute Gasteiger partial charge is 0.234 e. The molecule has 0 radical (unpaired) electrons. The zero-order valence-corrected chi connectivity index (χ0v) is 25.2. The number of anilines is 2. The minimum atomic E-state index is -0.274. The second-order valence-electron chi connectivity index (χ2n) is 10.3. The SMILES string of the molecule is Fc1ccccc1COc1cncc(N2CCNCC2)n1.c1ccc2c(COc3cncc(N4CCNCC4)n3)csc2c1. The topological polar surface area (TPSA) is 101 Å². The maximum absolute atomic E-state index is 13.5. The number of rotatable bonds is 8. The van der Waals surface area contributed by atoms with Crippen LogP contribution < -0.4 is 29.9 Å². The first kappa shape index (κ1) is 29.7. The van der Waals surface area contributed by atoms with Gasteiger partial charge in [0.25, 0.3) is 0 Å². The van der Waals surface area contributed by atoms with Crippen molar-refractivity contribution in [3.05, 3.63) is 95.6 Å². The number of piperazine rings is 2. The van der Waals surface area contributed by atoms with Crippen molar-refractivity contribution in [2.24, 2.45) is 0 Å². The standard InChI is InChI=1S/C17H18N4OS.C15H17FN4O/c1-2-4-15-14(3-1)13(12-23-15)11-22-17-10-19-9-16(20-17)21-7-5-18-6-8-21;16-13-4-2-1-3-12(13)11-21-15-10-18-9-14(19-15)20-7-5-17-6-8-20/h1-4,9-10,12,18H,5-8,11H2;1-4,9-10,17H,5-8,11H2. The predicted molar refractivity (Wildman–Crippen MR) is 171 cm³/mol. The third-order valence-corrected chi connectivity index (χ3v) is 8.36. The van der Waals surface area contributed by atoms with Gasteiger partial charge >= 0.3 is 0 Å². The van der Waals surface area contributed by atoms with E-state index in [1.165, 1.54) is 21.7 Å². The van der Waals surface area contributed by atoms with E-state index >= 15 is 0 Å². The summed E-state index contributed by atoms with van der Waals surface area (Å²) in [5.41, 5.74) is 1.70. The summed E-state index contributed by atoms with van der Waals surface area (Å²) in [7, 11) is 0. The van der Waals surface area contributed by atoms with Gasteiger partial charge in [-0.15, -0.1) is 11.3 Å². The van der Waals surface area contributed by atoms with Crippen LogP contribution in [-0.4, -0.2) is 72.3 Å². The molecule has 10 nitrogen and oxygen atoms in total. The quantitative estimate of drug-likeness (QED) is 0.263. The highest BCUT2D eigenvalue weighted by molar-refractivity contribution is 7.17. The third kappa shape index (κ3) is 7.76. The molecule has 5 heterocycles. The molecule has 2 aromatic carbocycles. The van der Waals surface area contributed by atoms with Gasteiger partial charge in [0.2, 0.25) is 11.8 Å². The summed E-state index contributed by atoms with van der Waals surface area (Å²) in [5, 5.41) is 10.0. The number of ether oxygens (including phenoxy) is 2. The van der Waals surface area contributed by atoms with Gasteiger partial charge < -0.3 is 29.9 Å². The van der Waals surface area contributed by atoms with Crippen molar-refractivity contribution >= 4 is 33.1 Å². The van der Waals surface area contributed by atoms with Gasteiger partial charge in [-0.3, -0.25) is 9.97 Å². The largest absolute Gasteiger partial charge is 0.472 e. The van der Waals surface area contributed by atoms with Gasteiger partial charge in [-0.25, -0.2) is 4.39 Å². The monoisotopic (exact) mass is 614 g/mol. The van der Waals surface area contributed by atoms with Gasteiger partial charge in [0, 0.05) is 68.2 Å². The van der Waals surface area contributed by atoms with Crippen molar-refractivity contribution < 1.29 is 13.9 Å². The second kappa shape index (κ2) is 14.9. The Balaban J connectivity index is 0.000000157. The van der Waals surface area contributed by atoms with Crippen molar-refractivity contribution in [3.8, 4) is 11.8 Å². The van der Waals surface area contributed by atoms with Crippen LogP contribution in [0.25, 0.3) is 10.1 Å². The van der Waals surface area contributed by atoms with Gasteiger partial charge in [0.05, 0.1) is 24.8 Å². The summed E-state index contributed by atoms with van der Waals surface area (Å²) in [5.74, 6) is 2.40. The highest BCUT2D eigenvalue weighted by Gasteiger charge is 2.14. The lowest BCUT2D eigenvalue weighted by Crippen LogP contribution is -2.43. The molecular weight excluding hydrogens is 579 g/mol. The average Bonchev–Trinajstić information content (AvgIpc) is 3.51. The molecule has 2 fully saturated rings. The Kier molecular flexibility index (Phi) is 10.0. The molecule has 12 heteroatoms. The van der Waals surface area contributed by atoms with E-state index in [4.69, 9.17) is 9.47 Å². The number of nitrogens with zero attached hydrogens (tertiary/aromatic N) is 6. The minimum absolute atomic E-state index is 0.145. The number of fused-ring (bicyclic) bond motifs is 1. The Morgan fingerprint density at radius 2 is 1.23 bits per heavy atom. The summed E-state index contributed by atoms with van der Waals surface area (Å²) in [6.45, 7) is 8.18. The molecule has 2 aliphatic rings. The number of nitrogens with one attached hydrogen (secondary N) is 2. The maximum atomic E-state index is 13.5. The molecule has 2 saturated heterocycles. The van der Waals surface area contributed by atoms with Gasteiger partial charge in [0.1, 0.15) is 19.0 Å². The average molecular weight is 615 g/mol. The predicted octanol–water partition coefficient (Wildman–Crippen LogP) is 4.28. The second-order valence-corrected chi connectivity index (χ2v) is 11.2. The first-order chi connectivity index (χ1) is 21.7. The van der Waals surface area contributed by atoms with Gasteiger partial charge in [-0.05, 0) is 22.9 Å². The molecule has 0 aliphatic carbocycles. The van der Waals surface area contributed by atoms with Crippen LogP contribution in [0.2, 0.25) is 0 Å². The Labute approximate surface area is 259 Å². The molecule has 7 rings (SSSR count). The van der Waals surface area contributed by atoms with Gasteiger partial charge in [0.15, 0.2) is 11.6 Å². The molecule has 44 heavy (non-hydrogen) atoms. The summed E-state index contributed by atoms with van der Waals surface area (Å²) >= 11 is 1.74. The van der Waals surface area contributed by atoms with E-state index in [9.17, 15) is 4.39 Å². The minimum Gasteiger partial charge on any atom is -0.472 e. The van der Waals surface area contributed by atoms with E-state index in [0.717, 1.165) is 64.0 Å². The first-order valence-corrected chi connectivity index (χ1v) is 15.6. The molecule has 2 N–H and O–H groups in total. The molecular formula is C32H35FN8O2S. The van der Waals surface area contributed by atoms with Crippen molar-refractivity contribution in [3.63, 3.8) is 0 Å². The normalized spacial score (nSPS) is 15.0. The Bertz CT molecular complexity index is 1640. The van der Waals surface area contributed by atoms with Crippen LogP contribution in [0.5, 0.6) is 11.8 Å². The zero-order valence-electron chi connectivity index (χ0n) is 24.4. The fourth-order valence-electron chi connectivity index (χ4n) is 4.97. The Morgan fingerprint density at radius 3 is 1.84 bits per heavy atom. The van der Waals surface area contributed by atoms with Crippen LogP contribution in [0.3, 0.4) is 0 Å². The van der Waals surface area contributed by atoms with Crippen LogP contribution in [0.1, 0.15) is 11.1 Å². The molecule has 0 amide bonds. The number of thiophene rings is 1. The summed E-state index contributed by atoms with van der Waals surface area (Å²) in [6.07, 6.45) is 6.76. The summed E-state index contributed by atoms with van der Waals surface area (Å²) in [4.78, 5) is 21.8. The van der Waals surface area contributed by atoms with E-state index in [1.807, 2.05) is 0 Å². The Morgan fingerprint density at radius 1 is 0.682 bits per heavy atom. The van der Waals surface area contributed by atoms with Crippen LogP contribution >= 0.6 is 11.3 Å². The molecule has 0 saturated carbocycles. The van der Waals surface area contributed by atoms with Crippen LogP contribution in [0.4, 0.5) is 16.0 Å². The lowest BCUT2D eigenvalue weighted by molar-refractivity contribution is 0.286. The fraction of sp³-hybridized carbons (Fsp3) is 0.312. The fourth-order valence-corrected chi connectivity index (χ4v) is 5.92. The lowest BCUT2D eigenvalue weighted by Gasteiger charge is -2.28. The van der Waals surface area contributed by atoms with E-state index in [2.05, 4.69) is 70.0 Å². The molecule has 228 valence electrons. The molecule has 2 aliphatic heterocycles. The number of halogens is 1. The zero-order chi connectivity index (χ0) is 30.0. The van der Waals surface area contributed by atoms with Crippen molar-refractivity contribution in [1.82, 2.24) is 30.6 Å². The molecule has 0 atom stereocenters. The highest BCUT2D eigenvalue weighted by atomic mass is 32.1. The van der Waals surface area contributed by atoms with E-state index in [1.54, 1.807) is 54.3 Å². The summed E-state index contributed by atoms with van der Waals surface area (Å²) < 4.78 is 26.2. The number of aromatic nitrogens is 4. The molecule has 0 spiro atoms. The third-order valence-electron chi connectivity index (χ3n) is 7.35. The molecule has 3 aromatic heterocycles. The Hall–Kier alpha value is -4.39. The van der Waals surface area contributed by atoms with Crippen LogP contribution in [0.15, 0.2) is 78.7 Å². The van der Waals surface area contributed by atoms with Crippen molar-refractivity contribution in [2.75, 3.05) is 62.2 Å². The number of hydrogen-bond acceptors (Lipinski definition) is 11. The molecule has 0 bridgehead atoms. The van der Waals surface area contributed by atoms with E-state index < -0.39 is 0 Å². The van der Waals surface area contributed by atoms with E-state index in [-0.39, 0.29) is 12.4 Å². The maximum Gasteiger partial charge on any atom is 0.234 e. The van der Waals surface area contributed by atoms with Gasteiger partial charge in [-0.1, -0.05) is 36.4 Å². The van der Waals surface area contributed by atoms with Crippen molar-refractivity contribution in [1.29, 1.82) is 0 Å². The highest BCUT2D eigenvalue weighted by Crippen LogP contribution is 2.26.